The predicted octanol–water partition coefficient (Wildman–Crippen LogP) is 3.71. The van der Waals surface area contributed by atoms with Crippen molar-refractivity contribution >= 4 is 46.4 Å². The summed E-state index contributed by atoms with van der Waals surface area (Å²) in [5.41, 5.74) is 4.10. The molecule has 3 aromatic carbocycles. The summed E-state index contributed by atoms with van der Waals surface area (Å²) in [4.78, 5) is 63.5. The van der Waals surface area contributed by atoms with Gasteiger partial charge < -0.3 is 30.9 Å². The number of thioether (sulfide) groups is 1. The number of nitrogens with one attached hydrogen (secondary N) is 4. The largest absolute Gasteiger partial charge is 0.381 e. The normalized spacial score (nSPS) is 17.4. The molecule has 0 bridgehead atoms. The van der Waals surface area contributed by atoms with Gasteiger partial charge in [0.05, 0.1) is 23.0 Å². The predicted molar refractivity (Wildman–Crippen MR) is 190 cm³/mol. The highest BCUT2D eigenvalue weighted by atomic mass is 32.2. The first-order chi connectivity index (χ1) is 23.4. The van der Waals surface area contributed by atoms with E-state index in [4.69, 9.17) is 0 Å². The average molecular weight is 685 g/mol. The van der Waals surface area contributed by atoms with Crippen molar-refractivity contribution in [2.24, 2.45) is 5.92 Å². The second kappa shape index (κ2) is 15.3. The monoisotopic (exact) mass is 684 g/mol. The van der Waals surface area contributed by atoms with Crippen LogP contribution in [0.25, 0.3) is 11.0 Å². The third-order valence-corrected chi connectivity index (χ3v) is 10.3. The lowest BCUT2D eigenvalue weighted by Gasteiger charge is -2.34. The fourth-order valence-corrected chi connectivity index (χ4v) is 7.17. The fourth-order valence-electron chi connectivity index (χ4n) is 6.03. The highest BCUT2D eigenvalue weighted by Gasteiger charge is 2.50. The van der Waals surface area contributed by atoms with Crippen LogP contribution >= 0.6 is 11.8 Å². The van der Waals surface area contributed by atoms with Gasteiger partial charge in [-0.1, -0.05) is 80.6 Å². The summed E-state index contributed by atoms with van der Waals surface area (Å²) in [6, 6.07) is 21.3. The average Bonchev–Trinajstić information content (AvgIpc) is 3.66. The van der Waals surface area contributed by atoms with Crippen LogP contribution in [0.15, 0.2) is 78.9 Å². The molecular weight excluding hydrogens is 641 g/mol. The molecule has 0 radical (unpaired) electrons. The number of fused-ring (bicyclic) bond motifs is 1. The number of hydrogen-bond acceptors (Lipinski definition) is 7. The number of aliphatic hydroxyl groups is 1. The fraction of sp³-hybridized carbons (Fsp3) is 0.378. The first-order valence-electron chi connectivity index (χ1n) is 16.4. The Hall–Kier alpha value is -4.68. The van der Waals surface area contributed by atoms with Crippen LogP contribution in [-0.2, 0) is 27.3 Å². The van der Waals surface area contributed by atoms with Gasteiger partial charge >= 0.3 is 0 Å². The third-order valence-electron chi connectivity index (χ3n) is 8.89. The number of H-pyrrole nitrogens is 1. The minimum Gasteiger partial charge on any atom is -0.381 e. The van der Waals surface area contributed by atoms with Crippen molar-refractivity contribution < 1.29 is 24.3 Å². The number of hydrogen-bond donors (Lipinski definition) is 5. The summed E-state index contributed by atoms with van der Waals surface area (Å²) in [6.07, 6.45) is -1.54. The van der Waals surface area contributed by atoms with E-state index in [1.54, 1.807) is 26.0 Å². The minimum atomic E-state index is -1.68. The van der Waals surface area contributed by atoms with Gasteiger partial charge in [0.2, 0.25) is 11.8 Å². The molecule has 2 heterocycles. The Morgan fingerprint density at radius 3 is 2.35 bits per heavy atom. The SMILES string of the molecule is Cc1ccccc1CNC(=O)[C@H]1N(C(=O)[C@@H](O)[C@H](Cc2ccccc2)NC(=O)[C@@H](NC(=O)c2nc3ccccc3[nH]2)C(C)C)CSC1(C)C. The number of benzene rings is 3. The molecule has 0 aliphatic carbocycles. The molecule has 1 saturated heterocycles. The van der Waals surface area contributed by atoms with Crippen LogP contribution in [0.5, 0.6) is 0 Å². The van der Waals surface area contributed by atoms with Crippen molar-refractivity contribution in [2.45, 2.75) is 76.6 Å². The molecule has 258 valence electrons. The van der Waals surface area contributed by atoms with Crippen molar-refractivity contribution in [3.63, 3.8) is 0 Å². The molecular formula is C37H44N6O5S. The van der Waals surface area contributed by atoms with E-state index >= 15 is 0 Å². The molecule has 0 saturated carbocycles. The number of aliphatic hydroxyl groups excluding tert-OH is 1. The van der Waals surface area contributed by atoms with Crippen molar-refractivity contribution in [2.75, 3.05) is 5.88 Å². The molecule has 1 aromatic heterocycles. The number of rotatable bonds is 12. The van der Waals surface area contributed by atoms with Gasteiger partial charge in [-0.3, -0.25) is 19.2 Å². The molecule has 5 rings (SSSR count). The molecule has 49 heavy (non-hydrogen) atoms. The Labute approximate surface area is 290 Å². The van der Waals surface area contributed by atoms with Crippen molar-refractivity contribution in [3.8, 4) is 0 Å². The third kappa shape index (κ3) is 8.31. The van der Waals surface area contributed by atoms with Gasteiger partial charge in [-0.2, -0.15) is 0 Å². The van der Waals surface area contributed by atoms with E-state index < -0.39 is 46.7 Å². The van der Waals surface area contributed by atoms with Crippen LogP contribution in [0.1, 0.15) is 55.0 Å². The van der Waals surface area contributed by atoms with E-state index in [0.29, 0.717) is 17.6 Å². The number of imidazole rings is 1. The lowest BCUT2D eigenvalue weighted by Crippen LogP contribution is -2.60. The number of aromatic amines is 1. The number of carbonyl (C=O) groups excluding carboxylic acids is 4. The Bertz CT molecular complexity index is 1780. The van der Waals surface area contributed by atoms with Crippen molar-refractivity contribution in [1.29, 1.82) is 0 Å². The number of aryl methyl sites for hydroxylation is 1. The zero-order valence-electron chi connectivity index (χ0n) is 28.4. The summed E-state index contributed by atoms with van der Waals surface area (Å²) in [6.45, 7) is 9.66. The molecule has 11 nitrogen and oxygen atoms in total. The second-order valence-electron chi connectivity index (χ2n) is 13.3. The molecule has 1 fully saturated rings. The summed E-state index contributed by atoms with van der Waals surface area (Å²) in [5.74, 6) is -2.18. The topological polar surface area (TPSA) is 157 Å². The molecule has 0 spiro atoms. The van der Waals surface area contributed by atoms with Crippen LogP contribution in [0.4, 0.5) is 0 Å². The molecule has 12 heteroatoms. The number of aromatic nitrogens is 2. The standard InChI is InChI=1S/C37H44N6O5S/c1-22(2)29(42-35(47)32-39-26-17-11-12-18-27(26)40-32)33(45)41-28(19-24-14-7-6-8-15-24)30(44)36(48)43-21-49-37(4,5)31(43)34(46)38-20-25-16-10-9-13-23(25)3/h6-18,22,28-31,44H,19-21H2,1-5H3,(H,38,46)(H,39,40)(H,41,45)(H,42,47)/t28-,29-,30-,31+/m0/s1. The maximum absolute atomic E-state index is 14.1. The maximum Gasteiger partial charge on any atom is 0.287 e. The van der Waals surface area contributed by atoms with Gasteiger partial charge in [0.25, 0.3) is 11.8 Å². The number of nitrogens with zero attached hydrogens (tertiary/aromatic N) is 2. The lowest BCUT2D eigenvalue weighted by molar-refractivity contribution is -0.148. The van der Waals surface area contributed by atoms with Crippen LogP contribution in [0, 0.1) is 12.8 Å². The number of amides is 4. The second-order valence-corrected chi connectivity index (χ2v) is 14.9. The Morgan fingerprint density at radius 1 is 0.980 bits per heavy atom. The quantitative estimate of drug-likeness (QED) is 0.152. The zero-order valence-corrected chi connectivity index (χ0v) is 29.2. The van der Waals surface area contributed by atoms with Crippen LogP contribution < -0.4 is 16.0 Å². The van der Waals surface area contributed by atoms with Gasteiger partial charge in [0.1, 0.15) is 12.1 Å². The Morgan fingerprint density at radius 2 is 1.65 bits per heavy atom. The number of para-hydroxylation sites is 2. The smallest absolute Gasteiger partial charge is 0.287 e. The minimum absolute atomic E-state index is 0.0663. The van der Waals surface area contributed by atoms with Crippen molar-refractivity contribution in [1.82, 2.24) is 30.8 Å². The van der Waals surface area contributed by atoms with Gasteiger partial charge in [0, 0.05) is 11.3 Å². The molecule has 5 N–H and O–H groups in total. The van der Waals surface area contributed by atoms with E-state index in [9.17, 15) is 24.3 Å². The lowest BCUT2D eigenvalue weighted by atomic mass is 9.96. The van der Waals surface area contributed by atoms with Gasteiger partial charge in [-0.05, 0) is 61.9 Å². The summed E-state index contributed by atoms with van der Waals surface area (Å²) >= 11 is 1.45. The molecule has 1 aliphatic rings. The molecule has 0 unspecified atom stereocenters. The van der Waals surface area contributed by atoms with E-state index in [1.165, 1.54) is 16.7 Å². The first kappa shape index (κ1) is 35.6. The van der Waals surface area contributed by atoms with E-state index in [2.05, 4.69) is 25.9 Å². The number of carbonyl (C=O) groups is 4. The molecule has 4 amide bonds. The summed E-state index contributed by atoms with van der Waals surface area (Å²) < 4.78 is -0.632. The van der Waals surface area contributed by atoms with Gasteiger partial charge in [-0.25, -0.2) is 4.98 Å². The summed E-state index contributed by atoms with van der Waals surface area (Å²) in [7, 11) is 0. The van der Waals surface area contributed by atoms with Crippen LogP contribution in [0.2, 0.25) is 0 Å². The Kier molecular flexibility index (Phi) is 11.1. The highest BCUT2D eigenvalue weighted by molar-refractivity contribution is 8.00. The van der Waals surface area contributed by atoms with Gasteiger partial charge in [-0.15, -0.1) is 11.8 Å². The maximum atomic E-state index is 14.1. The first-order valence-corrected chi connectivity index (χ1v) is 17.4. The summed E-state index contributed by atoms with van der Waals surface area (Å²) in [5, 5.41) is 20.3. The van der Waals surface area contributed by atoms with Crippen molar-refractivity contribution in [3.05, 3.63) is 101 Å². The highest BCUT2D eigenvalue weighted by Crippen LogP contribution is 2.40. The molecule has 4 aromatic rings. The van der Waals surface area contributed by atoms with Crippen LogP contribution in [0.3, 0.4) is 0 Å². The van der Waals surface area contributed by atoms with Crippen LogP contribution in [-0.4, -0.2) is 78.5 Å². The van der Waals surface area contributed by atoms with Gasteiger partial charge in [0.15, 0.2) is 11.9 Å². The zero-order chi connectivity index (χ0) is 35.3. The van der Waals surface area contributed by atoms with E-state index in [1.807, 2.05) is 87.5 Å². The van der Waals surface area contributed by atoms with E-state index in [-0.39, 0.29) is 29.9 Å². The Balaban J connectivity index is 1.34. The molecule has 4 atom stereocenters. The van der Waals surface area contributed by atoms with E-state index in [0.717, 1.165) is 16.7 Å². The molecule has 1 aliphatic heterocycles.